The summed E-state index contributed by atoms with van der Waals surface area (Å²) in [7, 11) is 0. The molecule has 0 amide bonds. The number of rotatable bonds is 4. The summed E-state index contributed by atoms with van der Waals surface area (Å²) >= 11 is 9.33. The van der Waals surface area contributed by atoms with Crippen LogP contribution in [0, 0.1) is 0 Å². The van der Waals surface area contributed by atoms with Gasteiger partial charge in [0.1, 0.15) is 0 Å². The highest BCUT2D eigenvalue weighted by Gasteiger charge is 2.06. The molecule has 94 valence electrons. The van der Waals surface area contributed by atoms with Gasteiger partial charge >= 0.3 is 0 Å². The predicted molar refractivity (Wildman–Crippen MR) is 81.0 cm³/mol. The topological polar surface area (TPSA) is 26.0 Å². The molecule has 2 aromatic carbocycles. The molecule has 2 aromatic rings. The van der Waals surface area contributed by atoms with Gasteiger partial charge in [0.15, 0.2) is 0 Å². The van der Waals surface area contributed by atoms with Crippen LogP contribution < -0.4 is 5.73 Å². The second kappa shape index (κ2) is 6.37. The molecule has 1 atom stereocenters. The summed E-state index contributed by atoms with van der Waals surface area (Å²) < 4.78 is 1.10. The van der Waals surface area contributed by atoms with E-state index in [0.717, 1.165) is 22.3 Å². The maximum Gasteiger partial charge on any atom is 0.0406 e. The monoisotopic (exact) mass is 323 g/mol. The SMILES string of the molecule is NC(Cc1ccc(Cl)cc1)Cc1cccc(Br)c1. The maximum absolute atomic E-state index is 6.18. The number of benzene rings is 2. The lowest BCUT2D eigenvalue weighted by atomic mass is 10.00. The van der Waals surface area contributed by atoms with Gasteiger partial charge in [0.05, 0.1) is 0 Å². The van der Waals surface area contributed by atoms with E-state index in [-0.39, 0.29) is 6.04 Å². The molecule has 1 nitrogen and oxygen atoms in total. The highest BCUT2D eigenvalue weighted by Crippen LogP contribution is 2.15. The minimum absolute atomic E-state index is 0.125. The highest BCUT2D eigenvalue weighted by molar-refractivity contribution is 9.10. The van der Waals surface area contributed by atoms with Crippen molar-refractivity contribution in [2.45, 2.75) is 18.9 Å². The Bertz CT molecular complexity index is 510. The zero-order valence-electron chi connectivity index (χ0n) is 9.94. The quantitative estimate of drug-likeness (QED) is 0.895. The highest BCUT2D eigenvalue weighted by atomic mass is 79.9. The number of hydrogen-bond acceptors (Lipinski definition) is 1. The van der Waals surface area contributed by atoms with Crippen LogP contribution in [0.3, 0.4) is 0 Å². The molecule has 0 aromatic heterocycles. The number of nitrogens with two attached hydrogens (primary N) is 1. The molecule has 0 saturated heterocycles. The Balaban J connectivity index is 1.96. The first kappa shape index (κ1) is 13.6. The average molecular weight is 325 g/mol. The fourth-order valence-corrected chi connectivity index (χ4v) is 2.53. The van der Waals surface area contributed by atoms with Crippen LogP contribution in [-0.2, 0) is 12.8 Å². The van der Waals surface area contributed by atoms with E-state index >= 15 is 0 Å². The Hall–Kier alpha value is -0.830. The van der Waals surface area contributed by atoms with E-state index in [2.05, 4.69) is 28.1 Å². The lowest BCUT2D eigenvalue weighted by Gasteiger charge is -2.12. The fraction of sp³-hybridized carbons (Fsp3) is 0.200. The molecule has 0 fully saturated rings. The van der Waals surface area contributed by atoms with Crippen LogP contribution in [0.1, 0.15) is 11.1 Å². The third kappa shape index (κ3) is 4.13. The van der Waals surface area contributed by atoms with E-state index in [1.807, 2.05) is 36.4 Å². The summed E-state index contributed by atoms with van der Waals surface area (Å²) in [6.45, 7) is 0. The Morgan fingerprint density at radius 2 is 1.67 bits per heavy atom. The summed E-state index contributed by atoms with van der Waals surface area (Å²) in [5.41, 5.74) is 8.66. The molecular formula is C15H15BrClN. The Morgan fingerprint density at radius 1 is 1.00 bits per heavy atom. The molecule has 0 spiro atoms. The van der Waals surface area contributed by atoms with Crippen molar-refractivity contribution in [3.05, 3.63) is 69.2 Å². The fourth-order valence-electron chi connectivity index (χ4n) is 1.96. The average Bonchev–Trinajstić information content (AvgIpc) is 2.32. The molecule has 0 heterocycles. The van der Waals surface area contributed by atoms with E-state index in [9.17, 15) is 0 Å². The second-order valence-electron chi connectivity index (χ2n) is 4.42. The van der Waals surface area contributed by atoms with Crippen molar-refractivity contribution in [3.8, 4) is 0 Å². The minimum atomic E-state index is 0.125. The van der Waals surface area contributed by atoms with Gasteiger partial charge in [-0.2, -0.15) is 0 Å². The van der Waals surface area contributed by atoms with Gasteiger partial charge in [-0.3, -0.25) is 0 Å². The maximum atomic E-state index is 6.18. The Labute approximate surface area is 121 Å². The van der Waals surface area contributed by atoms with Crippen molar-refractivity contribution in [1.82, 2.24) is 0 Å². The molecule has 1 unspecified atom stereocenters. The van der Waals surface area contributed by atoms with Crippen molar-refractivity contribution in [2.75, 3.05) is 0 Å². The first-order valence-corrected chi connectivity index (χ1v) is 7.05. The summed E-state index contributed by atoms with van der Waals surface area (Å²) in [6, 6.07) is 16.3. The normalized spacial score (nSPS) is 12.4. The van der Waals surface area contributed by atoms with Gasteiger partial charge < -0.3 is 5.73 Å². The molecule has 2 rings (SSSR count). The smallest absolute Gasteiger partial charge is 0.0406 e. The van der Waals surface area contributed by atoms with E-state index < -0.39 is 0 Å². The lowest BCUT2D eigenvalue weighted by Crippen LogP contribution is -2.25. The number of hydrogen-bond donors (Lipinski definition) is 1. The number of halogens is 2. The Kier molecular flexibility index (Phi) is 4.81. The molecule has 0 radical (unpaired) electrons. The van der Waals surface area contributed by atoms with E-state index in [4.69, 9.17) is 17.3 Å². The van der Waals surface area contributed by atoms with Gasteiger partial charge in [-0.05, 0) is 48.2 Å². The van der Waals surface area contributed by atoms with Crippen LogP contribution in [0.2, 0.25) is 5.02 Å². The standard InChI is InChI=1S/C15H15BrClN/c16-13-3-1-2-12(8-13)10-15(18)9-11-4-6-14(17)7-5-11/h1-8,15H,9-10,18H2. The zero-order valence-corrected chi connectivity index (χ0v) is 12.3. The summed E-state index contributed by atoms with van der Waals surface area (Å²) in [5.74, 6) is 0. The molecule has 18 heavy (non-hydrogen) atoms. The van der Waals surface area contributed by atoms with Gasteiger partial charge in [0.2, 0.25) is 0 Å². The van der Waals surface area contributed by atoms with Crippen LogP contribution in [0.5, 0.6) is 0 Å². The van der Waals surface area contributed by atoms with Crippen molar-refractivity contribution in [3.63, 3.8) is 0 Å². The van der Waals surface area contributed by atoms with Crippen LogP contribution >= 0.6 is 27.5 Å². The molecule has 3 heteroatoms. The summed E-state index contributed by atoms with van der Waals surface area (Å²) in [4.78, 5) is 0. The summed E-state index contributed by atoms with van der Waals surface area (Å²) in [5, 5.41) is 0.763. The van der Waals surface area contributed by atoms with Gasteiger partial charge in [-0.15, -0.1) is 0 Å². The van der Waals surface area contributed by atoms with Crippen LogP contribution in [0.25, 0.3) is 0 Å². The molecule has 0 saturated carbocycles. The minimum Gasteiger partial charge on any atom is -0.327 e. The van der Waals surface area contributed by atoms with Crippen molar-refractivity contribution >= 4 is 27.5 Å². The molecule has 0 aliphatic carbocycles. The van der Waals surface area contributed by atoms with E-state index in [1.54, 1.807) is 0 Å². The van der Waals surface area contributed by atoms with Gasteiger partial charge in [0, 0.05) is 15.5 Å². The van der Waals surface area contributed by atoms with E-state index in [0.29, 0.717) is 0 Å². The predicted octanol–water partition coefficient (Wildman–Crippen LogP) is 4.22. The van der Waals surface area contributed by atoms with Crippen LogP contribution in [0.15, 0.2) is 53.0 Å². The second-order valence-corrected chi connectivity index (χ2v) is 5.78. The molecular weight excluding hydrogens is 310 g/mol. The van der Waals surface area contributed by atoms with E-state index in [1.165, 1.54) is 11.1 Å². The van der Waals surface area contributed by atoms with Gasteiger partial charge in [0.25, 0.3) is 0 Å². The van der Waals surface area contributed by atoms with Crippen molar-refractivity contribution in [2.24, 2.45) is 5.73 Å². The largest absolute Gasteiger partial charge is 0.327 e. The van der Waals surface area contributed by atoms with Crippen molar-refractivity contribution in [1.29, 1.82) is 0 Å². The molecule has 0 aliphatic rings. The molecule has 0 bridgehead atoms. The third-order valence-corrected chi connectivity index (χ3v) is 3.54. The molecule has 2 N–H and O–H groups in total. The third-order valence-electron chi connectivity index (χ3n) is 2.80. The summed E-state index contributed by atoms with van der Waals surface area (Å²) in [6.07, 6.45) is 1.74. The van der Waals surface area contributed by atoms with Crippen LogP contribution in [0.4, 0.5) is 0 Å². The van der Waals surface area contributed by atoms with Gasteiger partial charge in [-0.1, -0.05) is 51.8 Å². The van der Waals surface area contributed by atoms with Crippen LogP contribution in [-0.4, -0.2) is 6.04 Å². The van der Waals surface area contributed by atoms with Gasteiger partial charge in [-0.25, -0.2) is 0 Å². The lowest BCUT2D eigenvalue weighted by molar-refractivity contribution is 0.664. The first-order chi connectivity index (χ1) is 8.63. The zero-order chi connectivity index (χ0) is 13.0. The van der Waals surface area contributed by atoms with Crippen molar-refractivity contribution < 1.29 is 0 Å². The Morgan fingerprint density at radius 3 is 2.33 bits per heavy atom. The first-order valence-electron chi connectivity index (χ1n) is 5.88. The molecule has 0 aliphatic heterocycles.